The Kier molecular flexibility index (Phi) is 6.83. The molecular weight excluding hydrogens is 522 g/mol. The summed E-state index contributed by atoms with van der Waals surface area (Å²) in [5.74, 6) is -0.936. The maximum Gasteiger partial charge on any atom is 0.236 e. The Balaban J connectivity index is 1.62. The van der Waals surface area contributed by atoms with Crippen molar-refractivity contribution < 1.29 is 4.39 Å². The van der Waals surface area contributed by atoms with Crippen molar-refractivity contribution in [2.45, 2.75) is 58.4 Å². The first-order valence-electron chi connectivity index (χ1n) is 12.6. The number of aromatic nitrogens is 4. The van der Waals surface area contributed by atoms with Crippen LogP contribution >= 0.6 is 23.2 Å². The predicted molar refractivity (Wildman–Crippen MR) is 149 cm³/mol. The highest BCUT2D eigenvalue weighted by atomic mass is 35.5. The Morgan fingerprint density at radius 3 is 2.58 bits per heavy atom. The van der Waals surface area contributed by atoms with Crippen LogP contribution in [-0.4, -0.2) is 26.5 Å². The average Bonchev–Trinajstić information content (AvgIpc) is 3.49. The van der Waals surface area contributed by atoms with E-state index < -0.39 is 11.9 Å². The van der Waals surface area contributed by atoms with Gasteiger partial charge in [-0.15, -0.1) is 5.10 Å². The zero-order valence-corrected chi connectivity index (χ0v) is 23.3. The van der Waals surface area contributed by atoms with Crippen molar-refractivity contribution in [3.05, 3.63) is 81.0 Å². The van der Waals surface area contributed by atoms with Gasteiger partial charge in [0, 0.05) is 29.1 Å². The van der Waals surface area contributed by atoms with Crippen LogP contribution in [-0.2, 0) is 12.0 Å². The second-order valence-electron chi connectivity index (χ2n) is 11.5. The van der Waals surface area contributed by atoms with E-state index in [1.54, 1.807) is 6.07 Å². The molecule has 0 unspecified atom stereocenters. The number of rotatable bonds is 7. The Bertz CT molecular complexity index is 1560. The summed E-state index contributed by atoms with van der Waals surface area (Å²) in [4.78, 5) is 4.46. The van der Waals surface area contributed by atoms with E-state index in [-0.39, 0.29) is 16.6 Å². The lowest BCUT2D eigenvalue weighted by Crippen LogP contribution is -2.19. The standard InChI is InChI=1S/C29H29Cl2FN6/c1-28(2,3)16-35-24-18(14-33)15-34-25-21(24)12-17(13-23(25)31)11-20(19-7-5-6-8-22(19)30)26-27(32)38(37-36-26)29(4)9-10-29/h5-8,12-13,15,20H,9-11,16H2,1-4H3,(H,34,35)/t20-/m0/s1. The second kappa shape index (κ2) is 9.83. The third-order valence-electron chi connectivity index (χ3n) is 7.08. The number of hydrogen-bond donors (Lipinski definition) is 1. The van der Waals surface area contributed by atoms with Crippen LogP contribution in [0.25, 0.3) is 10.9 Å². The fourth-order valence-electron chi connectivity index (χ4n) is 4.64. The number of nitrogens with one attached hydrogen (secondary N) is 1. The van der Waals surface area contributed by atoms with Crippen molar-refractivity contribution in [2.75, 3.05) is 11.9 Å². The minimum absolute atomic E-state index is 0.0135. The molecule has 1 aliphatic carbocycles. The molecule has 2 heterocycles. The van der Waals surface area contributed by atoms with Gasteiger partial charge in [0.25, 0.3) is 0 Å². The molecule has 1 atom stereocenters. The van der Waals surface area contributed by atoms with Crippen LogP contribution in [0.15, 0.2) is 42.6 Å². The summed E-state index contributed by atoms with van der Waals surface area (Å²) in [7, 11) is 0. The SMILES string of the molecule is CC(C)(C)CNc1c(C#N)cnc2c(Cl)cc(C[C@@H](c3ccccc3Cl)c3nnn(C4(C)CC4)c3F)cc12. The third kappa shape index (κ3) is 5.08. The van der Waals surface area contributed by atoms with Gasteiger partial charge in [-0.1, -0.05) is 67.4 Å². The second-order valence-corrected chi connectivity index (χ2v) is 12.3. The number of nitrogens with zero attached hydrogens (tertiary/aromatic N) is 5. The van der Waals surface area contributed by atoms with E-state index in [0.717, 1.165) is 29.4 Å². The number of halogens is 3. The highest BCUT2D eigenvalue weighted by molar-refractivity contribution is 6.35. The van der Waals surface area contributed by atoms with E-state index in [9.17, 15) is 5.26 Å². The highest BCUT2D eigenvalue weighted by Crippen LogP contribution is 2.44. The Morgan fingerprint density at radius 1 is 1.18 bits per heavy atom. The predicted octanol–water partition coefficient (Wildman–Crippen LogP) is 7.49. The van der Waals surface area contributed by atoms with Crippen molar-refractivity contribution in [3.63, 3.8) is 0 Å². The van der Waals surface area contributed by atoms with Crippen LogP contribution in [0.4, 0.5) is 10.1 Å². The van der Waals surface area contributed by atoms with Crippen LogP contribution in [0, 0.1) is 22.7 Å². The zero-order valence-electron chi connectivity index (χ0n) is 21.8. The molecule has 38 heavy (non-hydrogen) atoms. The number of fused-ring (bicyclic) bond motifs is 1. The van der Waals surface area contributed by atoms with E-state index in [1.807, 2.05) is 37.3 Å². The molecule has 0 bridgehead atoms. The summed E-state index contributed by atoms with van der Waals surface area (Å²) in [6, 6.07) is 13.4. The Labute approximate surface area is 231 Å². The first-order valence-corrected chi connectivity index (χ1v) is 13.4. The molecule has 2 aromatic heterocycles. The van der Waals surface area contributed by atoms with Crippen LogP contribution in [0.1, 0.15) is 68.8 Å². The fourth-order valence-corrected chi connectivity index (χ4v) is 5.20. The molecule has 0 saturated heterocycles. The van der Waals surface area contributed by atoms with Gasteiger partial charge in [-0.2, -0.15) is 9.65 Å². The van der Waals surface area contributed by atoms with Gasteiger partial charge in [0.05, 0.1) is 27.3 Å². The lowest BCUT2D eigenvalue weighted by molar-refractivity contribution is 0.370. The van der Waals surface area contributed by atoms with Crippen molar-refractivity contribution in [1.82, 2.24) is 20.0 Å². The minimum atomic E-state index is -0.494. The first-order chi connectivity index (χ1) is 18.0. The van der Waals surface area contributed by atoms with Crippen molar-refractivity contribution in [1.29, 1.82) is 5.26 Å². The van der Waals surface area contributed by atoms with Gasteiger partial charge in [-0.25, -0.2) is 4.68 Å². The average molecular weight is 551 g/mol. The largest absolute Gasteiger partial charge is 0.383 e. The summed E-state index contributed by atoms with van der Waals surface area (Å²) in [5, 5.41) is 23.4. The molecule has 1 saturated carbocycles. The summed E-state index contributed by atoms with van der Waals surface area (Å²) in [6.07, 6.45) is 3.64. The molecule has 0 aliphatic heterocycles. The lowest BCUT2D eigenvalue weighted by Gasteiger charge is -2.22. The number of nitriles is 1. The van der Waals surface area contributed by atoms with Gasteiger partial charge in [0.2, 0.25) is 5.95 Å². The highest BCUT2D eigenvalue weighted by Gasteiger charge is 2.44. The molecule has 9 heteroatoms. The fraction of sp³-hybridized carbons (Fsp3) is 0.379. The molecule has 1 fully saturated rings. The van der Waals surface area contributed by atoms with Crippen LogP contribution < -0.4 is 5.32 Å². The Morgan fingerprint density at radius 2 is 1.92 bits per heavy atom. The van der Waals surface area contributed by atoms with Gasteiger partial charge in [0.1, 0.15) is 11.8 Å². The molecular formula is C29H29Cl2FN6. The number of hydrogen-bond acceptors (Lipinski definition) is 5. The van der Waals surface area contributed by atoms with Gasteiger partial charge in [0.15, 0.2) is 0 Å². The lowest BCUT2D eigenvalue weighted by atomic mass is 9.88. The van der Waals surface area contributed by atoms with E-state index in [1.165, 1.54) is 10.9 Å². The van der Waals surface area contributed by atoms with Gasteiger partial charge >= 0.3 is 0 Å². The quantitative estimate of drug-likeness (QED) is 0.258. The summed E-state index contributed by atoms with van der Waals surface area (Å²) < 4.78 is 17.2. The van der Waals surface area contributed by atoms with Crippen LogP contribution in [0.2, 0.25) is 10.0 Å². The van der Waals surface area contributed by atoms with E-state index >= 15 is 4.39 Å². The molecule has 6 nitrogen and oxygen atoms in total. The van der Waals surface area contributed by atoms with Crippen molar-refractivity contribution >= 4 is 39.8 Å². The van der Waals surface area contributed by atoms with Crippen LogP contribution in [0.5, 0.6) is 0 Å². The van der Waals surface area contributed by atoms with Crippen molar-refractivity contribution in [2.24, 2.45) is 5.41 Å². The summed E-state index contributed by atoms with van der Waals surface area (Å²) in [6.45, 7) is 8.98. The number of pyridine rings is 1. The van der Waals surface area contributed by atoms with Crippen molar-refractivity contribution in [3.8, 4) is 6.07 Å². The minimum Gasteiger partial charge on any atom is -0.383 e. The number of anilines is 1. The smallest absolute Gasteiger partial charge is 0.236 e. The zero-order chi connectivity index (χ0) is 27.2. The number of benzene rings is 2. The van der Waals surface area contributed by atoms with Gasteiger partial charge < -0.3 is 5.32 Å². The monoisotopic (exact) mass is 550 g/mol. The summed E-state index contributed by atoms with van der Waals surface area (Å²) in [5.41, 5.74) is 3.21. The summed E-state index contributed by atoms with van der Waals surface area (Å²) >= 11 is 13.3. The molecule has 0 amide bonds. The van der Waals surface area contributed by atoms with E-state index in [0.29, 0.717) is 39.8 Å². The molecule has 1 aliphatic rings. The molecule has 5 rings (SSSR count). The molecule has 2 aromatic carbocycles. The molecule has 1 N–H and O–H groups in total. The molecule has 0 spiro atoms. The van der Waals surface area contributed by atoms with E-state index in [4.69, 9.17) is 23.2 Å². The third-order valence-corrected chi connectivity index (χ3v) is 7.71. The normalized spacial score (nSPS) is 15.3. The maximum atomic E-state index is 15.8. The maximum absolute atomic E-state index is 15.8. The molecule has 0 radical (unpaired) electrons. The van der Waals surface area contributed by atoms with Crippen LogP contribution in [0.3, 0.4) is 0 Å². The molecule has 4 aromatic rings. The first kappa shape index (κ1) is 26.4. The van der Waals surface area contributed by atoms with Gasteiger partial charge in [-0.05, 0) is 60.9 Å². The molecule has 196 valence electrons. The van der Waals surface area contributed by atoms with Gasteiger partial charge in [-0.3, -0.25) is 4.98 Å². The van der Waals surface area contributed by atoms with E-state index in [2.05, 4.69) is 47.5 Å². The Hall–Kier alpha value is -3.21. The topological polar surface area (TPSA) is 79.4 Å².